The lowest BCUT2D eigenvalue weighted by atomic mass is 10.1. The standard InChI is InChI=1S/C25H29F3N4O3/c1-19-6-7-23-29-21(16-32(23)15-19)17-35-22-5-2-4-20(14-22)24(33)31-11-9-30(10-12-31)8-3-13-34-18-25(26,27)28/h2,4-7,14-16H,3,8-13,17-18H2,1H3. The van der Waals surface area contributed by atoms with Crippen molar-refractivity contribution in [2.24, 2.45) is 0 Å². The molecular formula is C25H29F3N4O3. The number of fused-ring (bicyclic) bond motifs is 1. The molecule has 35 heavy (non-hydrogen) atoms. The first-order valence-corrected chi connectivity index (χ1v) is 11.6. The van der Waals surface area contributed by atoms with Gasteiger partial charge in [-0.1, -0.05) is 12.1 Å². The van der Waals surface area contributed by atoms with E-state index in [0.29, 0.717) is 57.1 Å². The molecule has 0 bridgehead atoms. The summed E-state index contributed by atoms with van der Waals surface area (Å²) in [6.07, 6.45) is 0.169. The number of amides is 1. The van der Waals surface area contributed by atoms with E-state index in [1.807, 2.05) is 41.9 Å². The van der Waals surface area contributed by atoms with Crippen molar-refractivity contribution in [1.82, 2.24) is 19.2 Å². The van der Waals surface area contributed by atoms with Crippen LogP contribution in [0, 0.1) is 6.92 Å². The van der Waals surface area contributed by atoms with Gasteiger partial charge in [0.05, 0.1) is 5.69 Å². The molecule has 0 saturated carbocycles. The van der Waals surface area contributed by atoms with E-state index in [1.54, 1.807) is 23.1 Å². The minimum Gasteiger partial charge on any atom is -0.487 e. The Morgan fingerprint density at radius 3 is 2.66 bits per heavy atom. The minimum absolute atomic E-state index is 0.0631. The Hall–Kier alpha value is -3.11. The maximum Gasteiger partial charge on any atom is 0.411 e. The van der Waals surface area contributed by atoms with Gasteiger partial charge in [0.15, 0.2) is 0 Å². The first kappa shape index (κ1) is 25.0. The molecular weight excluding hydrogens is 461 g/mol. The van der Waals surface area contributed by atoms with Gasteiger partial charge in [0.2, 0.25) is 0 Å². The molecule has 2 aromatic heterocycles. The van der Waals surface area contributed by atoms with Crippen LogP contribution in [0.15, 0.2) is 48.8 Å². The number of nitrogens with zero attached hydrogens (tertiary/aromatic N) is 4. The van der Waals surface area contributed by atoms with Crippen LogP contribution in [0.1, 0.15) is 28.0 Å². The van der Waals surface area contributed by atoms with E-state index in [4.69, 9.17) is 4.74 Å². The van der Waals surface area contributed by atoms with Crippen LogP contribution in [0.25, 0.3) is 5.65 Å². The molecule has 7 nitrogen and oxygen atoms in total. The summed E-state index contributed by atoms with van der Waals surface area (Å²) >= 11 is 0. The number of hydrogen-bond donors (Lipinski definition) is 0. The summed E-state index contributed by atoms with van der Waals surface area (Å²) in [6, 6.07) is 11.1. The third-order valence-electron chi connectivity index (χ3n) is 5.80. The highest BCUT2D eigenvalue weighted by Crippen LogP contribution is 2.18. The molecule has 0 N–H and O–H groups in total. The smallest absolute Gasteiger partial charge is 0.411 e. The molecule has 10 heteroatoms. The predicted octanol–water partition coefficient (Wildman–Crippen LogP) is 3.95. The molecule has 4 rings (SSSR count). The quantitative estimate of drug-likeness (QED) is 0.425. The number of carbonyl (C=O) groups excluding carboxylic acids is 1. The van der Waals surface area contributed by atoms with Gasteiger partial charge in [-0.3, -0.25) is 9.69 Å². The van der Waals surface area contributed by atoms with Crippen molar-refractivity contribution < 1.29 is 27.4 Å². The van der Waals surface area contributed by atoms with Gasteiger partial charge in [-0.2, -0.15) is 13.2 Å². The molecule has 0 spiro atoms. The first-order valence-electron chi connectivity index (χ1n) is 11.6. The van der Waals surface area contributed by atoms with E-state index in [1.165, 1.54) is 0 Å². The molecule has 1 amide bonds. The van der Waals surface area contributed by atoms with Gasteiger partial charge < -0.3 is 18.8 Å². The van der Waals surface area contributed by atoms with Crippen LogP contribution >= 0.6 is 0 Å². The van der Waals surface area contributed by atoms with Gasteiger partial charge in [-0.15, -0.1) is 0 Å². The van der Waals surface area contributed by atoms with E-state index in [0.717, 1.165) is 16.9 Å². The fourth-order valence-corrected chi connectivity index (χ4v) is 4.04. The summed E-state index contributed by atoms with van der Waals surface area (Å²) in [4.78, 5) is 21.5. The van der Waals surface area contributed by atoms with E-state index < -0.39 is 12.8 Å². The Morgan fingerprint density at radius 2 is 1.89 bits per heavy atom. The molecule has 3 aromatic rings. The second kappa shape index (κ2) is 11.1. The van der Waals surface area contributed by atoms with Gasteiger partial charge in [0.1, 0.15) is 24.6 Å². The summed E-state index contributed by atoms with van der Waals surface area (Å²) in [5.41, 5.74) is 3.35. The largest absolute Gasteiger partial charge is 0.487 e. The average molecular weight is 491 g/mol. The van der Waals surface area contributed by atoms with Crippen LogP contribution < -0.4 is 4.74 Å². The summed E-state index contributed by atoms with van der Waals surface area (Å²) in [7, 11) is 0. The van der Waals surface area contributed by atoms with Crippen molar-refractivity contribution in [2.45, 2.75) is 26.1 Å². The second-order valence-electron chi connectivity index (χ2n) is 8.68. The van der Waals surface area contributed by atoms with Crippen LogP contribution in [0.2, 0.25) is 0 Å². The van der Waals surface area contributed by atoms with Gasteiger partial charge in [0, 0.05) is 57.3 Å². The number of alkyl halides is 3. The molecule has 0 atom stereocenters. The number of carbonyl (C=O) groups is 1. The highest BCUT2D eigenvalue weighted by Gasteiger charge is 2.27. The number of piperazine rings is 1. The van der Waals surface area contributed by atoms with Crippen molar-refractivity contribution >= 4 is 11.6 Å². The van der Waals surface area contributed by atoms with Crippen LogP contribution in [-0.2, 0) is 11.3 Å². The zero-order valence-electron chi connectivity index (χ0n) is 19.6. The fraction of sp³-hybridized carbons (Fsp3) is 0.440. The van der Waals surface area contributed by atoms with E-state index in [-0.39, 0.29) is 12.5 Å². The third-order valence-corrected chi connectivity index (χ3v) is 5.80. The Labute approximate surface area is 202 Å². The first-order chi connectivity index (χ1) is 16.8. The Morgan fingerprint density at radius 1 is 1.09 bits per heavy atom. The SMILES string of the molecule is Cc1ccc2nc(COc3cccc(C(=O)N4CCN(CCCOCC(F)(F)F)CC4)c3)cn2c1. The summed E-state index contributed by atoms with van der Waals surface area (Å²) in [5.74, 6) is 0.536. The van der Waals surface area contributed by atoms with E-state index >= 15 is 0 Å². The molecule has 3 heterocycles. The fourth-order valence-electron chi connectivity index (χ4n) is 4.04. The van der Waals surface area contributed by atoms with E-state index in [2.05, 4.69) is 14.6 Å². The number of imidazole rings is 1. The minimum atomic E-state index is -4.29. The monoisotopic (exact) mass is 490 g/mol. The molecule has 1 aliphatic rings. The van der Waals surface area contributed by atoms with Gasteiger partial charge in [-0.05, 0) is 43.2 Å². The summed E-state index contributed by atoms with van der Waals surface area (Å²) in [5, 5.41) is 0. The number of pyridine rings is 1. The van der Waals surface area contributed by atoms with Crippen LogP contribution in [0.4, 0.5) is 13.2 Å². The molecule has 0 radical (unpaired) electrons. The summed E-state index contributed by atoms with van der Waals surface area (Å²) < 4.78 is 48.8. The lowest BCUT2D eigenvalue weighted by Gasteiger charge is -2.34. The van der Waals surface area contributed by atoms with Crippen molar-refractivity contribution in [1.29, 1.82) is 0 Å². The topological polar surface area (TPSA) is 59.3 Å². The maximum atomic E-state index is 13.0. The summed E-state index contributed by atoms with van der Waals surface area (Å²) in [6.45, 7) is 4.30. The Kier molecular flexibility index (Phi) is 7.92. The van der Waals surface area contributed by atoms with Crippen LogP contribution in [0.5, 0.6) is 5.75 Å². The normalized spacial score (nSPS) is 15.0. The highest BCUT2D eigenvalue weighted by atomic mass is 19.4. The molecule has 1 saturated heterocycles. The van der Waals surface area contributed by atoms with Crippen LogP contribution in [-0.4, -0.2) is 77.2 Å². The average Bonchev–Trinajstić information content (AvgIpc) is 3.24. The number of aryl methyl sites for hydroxylation is 1. The van der Waals surface area contributed by atoms with E-state index in [9.17, 15) is 18.0 Å². The van der Waals surface area contributed by atoms with Gasteiger partial charge in [-0.25, -0.2) is 4.98 Å². The lowest BCUT2D eigenvalue weighted by molar-refractivity contribution is -0.174. The molecule has 1 aliphatic heterocycles. The molecule has 0 aliphatic carbocycles. The molecule has 0 unspecified atom stereocenters. The number of benzene rings is 1. The molecule has 1 fully saturated rings. The third kappa shape index (κ3) is 7.19. The number of halogens is 3. The van der Waals surface area contributed by atoms with Gasteiger partial charge >= 0.3 is 6.18 Å². The Balaban J connectivity index is 1.23. The second-order valence-corrected chi connectivity index (χ2v) is 8.68. The zero-order valence-corrected chi connectivity index (χ0v) is 19.6. The molecule has 1 aromatic carbocycles. The highest BCUT2D eigenvalue weighted by molar-refractivity contribution is 5.94. The maximum absolute atomic E-state index is 13.0. The number of hydrogen-bond acceptors (Lipinski definition) is 5. The Bertz CT molecular complexity index is 1140. The number of ether oxygens (including phenoxy) is 2. The number of rotatable bonds is 9. The van der Waals surface area contributed by atoms with Crippen molar-refractivity contribution in [3.63, 3.8) is 0 Å². The molecule has 188 valence electrons. The van der Waals surface area contributed by atoms with Crippen LogP contribution in [0.3, 0.4) is 0 Å². The lowest BCUT2D eigenvalue weighted by Crippen LogP contribution is -2.49. The van der Waals surface area contributed by atoms with Gasteiger partial charge in [0.25, 0.3) is 5.91 Å². The number of aromatic nitrogens is 2. The van der Waals surface area contributed by atoms with Crippen molar-refractivity contribution in [3.8, 4) is 5.75 Å². The van der Waals surface area contributed by atoms with Crippen molar-refractivity contribution in [3.05, 3.63) is 65.6 Å². The zero-order chi connectivity index (χ0) is 24.8. The van der Waals surface area contributed by atoms with Crippen molar-refractivity contribution in [2.75, 3.05) is 45.9 Å². The predicted molar refractivity (Wildman–Crippen MR) is 125 cm³/mol.